The van der Waals surface area contributed by atoms with Crippen LogP contribution in [0.4, 0.5) is 5.69 Å². The molecule has 0 fully saturated rings. The van der Waals surface area contributed by atoms with Crippen molar-refractivity contribution in [3.63, 3.8) is 0 Å². The van der Waals surface area contributed by atoms with E-state index >= 15 is 0 Å². The van der Waals surface area contributed by atoms with Crippen LogP contribution in [0.2, 0.25) is 0 Å². The molecule has 0 bridgehead atoms. The number of anilines is 1. The summed E-state index contributed by atoms with van der Waals surface area (Å²) in [5.74, 6) is 0.551. The Bertz CT molecular complexity index is 874. The summed E-state index contributed by atoms with van der Waals surface area (Å²) < 4.78 is 5.24. The normalized spacial score (nSPS) is 9.54. The van der Waals surface area contributed by atoms with Crippen LogP contribution in [0.5, 0.6) is 5.75 Å². The molecule has 0 N–H and O–H groups in total. The van der Waals surface area contributed by atoms with E-state index in [1.165, 1.54) is 12.7 Å². The molecule has 2 rings (SSSR count). The molecule has 2 aromatic carbocycles. The number of rotatable bonds is 7. The zero-order valence-electron chi connectivity index (χ0n) is 14.8. The fourth-order valence-corrected chi connectivity index (χ4v) is 2.66. The first-order valence-corrected chi connectivity index (χ1v) is 8.07. The van der Waals surface area contributed by atoms with E-state index in [0.717, 1.165) is 12.1 Å². The van der Waals surface area contributed by atoms with Crippen LogP contribution in [-0.4, -0.2) is 27.0 Å². The summed E-state index contributed by atoms with van der Waals surface area (Å²) in [6, 6.07) is 19.0. The highest BCUT2D eigenvalue weighted by atomic mass is 16.5. The van der Waals surface area contributed by atoms with Gasteiger partial charge in [-0.2, -0.15) is 10.5 Å². The van der Waals surface area contributed by atoms with E-state index in [1.807, 2.05) is 36.2 Å². The van der Waals surface area contributed by atoms with Gasteiger partial charge in [0, 0.05) is 24.8 Å². The highest BCUT2D eigenvalue weighted by Gasteiger charge is 2.16. The quantitative estimate of drug-likeness (QED) is 0.437. The van der Waals surface area contributed by atoms with Gasteiger partial charge < -0.3 is 9.64 Å². The third-order valence-corrected chi connectivity index (χ3v) is 4.09. The number of carbonyl (C=O) groups excluding carboxylic acids is 1. The molecule has 0 amide bonds. The number of likely N-dealkylation sites (N-methyl/N-ethyl adjacent to an activating group) is 1. The standard InChI is InChI=1S/C21H19N3O2/c1-24(11-10-16-6-4-3-5-7-16)21-9-8-18(26-2)12-19(21)20(15-25)17(13-22)14-23/h3-9,12,15H,10-11H2,1-2H3. The summed E-state index contributed by atoms with van der Waals surface area (Å²) >= 11 is 0. The van der Waals surface area contributed by atoms with Crippen molar-refractivity contribution in [2.75, 3.05) is 25.6 Å². The summed E-state index contributed by atoms with van der Waals surface area (Å²) in [5, 5.41) is 18.3. The second-order valence-electron chi connectivity index (χ2n) is 5.67. The largest absolute Gasteiger partial charge is 0.497 e. The van der Waals surface area contributed by atoms with E-state index in [1.54, 1.807) is 24.3 Å². The molecule has 0 atom stereocenters. The van der Waals surface area contributed by atoms with Crippen LogP contribution in [0.3, 0.4) is 0 Å². The maximum atomic E-state index is 11.6. The van der Waals surface area contributed by atoms with E-state index in [0.29, 0.717) is 24.1 Å². The van der Waals surface area contributed by atoms with Gasteiger partial charge in [-0.25, -0.2) is 0 Å². The van der Waals surface area contributed by atoms with Gasteiger partial charge >= 0.3 is 0 Å². The monoisotopic (exact) mass is 345 g/mol. The van der Waals surface area contributed by atoms with Crippen LogP contribution in [-0.2, 0) is 11.2 Å². The van der Waals surface area contributed by atoms with Crippen molar-refractivity contribution in [1.82, 2.24) is 0 Å². The van der Waals surface area contributed by atoms with Gasteiger partial charge in [0.15, 0.2) is 6.29 Å². The van der Waals surface area contributed by atoms with Gasteiger partial charge in [-0.3, -0.25) is 4.79 Å². The van der Waals surface area contributed by atoms with Crippen LogP contribution in [0.1, 0.15) is 11.1 Å². The van der Waals surface area contributed by atoms with Crippen molar-refractivity contribution in [1.29, 1.82) is 10.5 Å². The van der Waals surface area contributed by atoms with E-state index in [9.17, 15) is 4.79 Å². The molecule has 0 heterocycles. The molecule has 2 aromatic rings. The molecule has 0 aliphatic heterocycles. The second-order valence-corrected chi connectivity index (χ2v) is 5.67. The lowest BCUT2D eigenvalue weighted by molar-refractivity contribution is -0.103. The van der Waals surface area contributed by atoms with Gasteiger partial charge in [0.25, 0.3) is 0 Å². The Kier molecular flexibility index (Phi) is 6.53. The number of benzene rings is 2. The number of methoxy groups -OCH3 is 1. The lowest BCUT2D eigenvalue weighted by Crippen LogP contribution is -2.21. The number of nitrogens with zero attached hydrogens (tertiary/aromatic N) is 3. The van der Waals surface area contributed by atoms with E-state index in [2.05, 4.69) is 12.1 Å². The fourth-order valence-electron chi connectivity index (χ4n) is 2.66. The van der Waals surface area contributed by atoms with Crippen LogP contribution in [0.25, 0.3) is 5.57 Å². The number of ether oxygens (including phenoxy) is 1. The van der Waals surface area contributed by atoms with Crippen molar-refractivity contribution < 1.29 is 9.53 Å². The molecule has 0 radical (unpaired) electrons. The first-order valence-electron chi connectivity index (χ1n) is 8.07. The molecule has 5 nitrogen and oxygen atoms in total. The number of hydrogen-bond donors (Lipinski definition) is 0. The first-order chi connectivity index (χ1) is 12.6. The molecule has 5 heteroatoms. The topological polar surface area (TPSA) is 77.1 Å². The molecule has 0 saturated heterocycles. The van der Waals surface area contributed by atoms with Gasteiger partial charge in [-0.15, -0.1) is 0 Å². The van der Waals surface area contributed by atoms with E-state index in [4.69, 9.17) is 15.3 Å². The smallest absolute Gasteiger partial charge is 0.152 e. The SMILES string of the molecule is COc1ccc(N(C)CCc2ccccc2)c(C(C=O)=C(C#N)C#N)c1. The van der Waals surface area contributed by atoms with Gasteiger partial charge in [0.1, 0.15) is 23.5 Å². The van der Waals surface area contributed by atoms with Crippen molar-refractivity contribution in [3.8, 4) is 17.9 Å². The first kappa shape index (κ1) is 18.8. The molecular weight excluding hydrogens is 326 g/mol. The maximum absolute atomic E-state index is 11.6. The number of carbonyl (C=O) groups is 1. The van der Waals surface area contributed by atoms with Gasteiger partial charge in [-0.1, -0.05) is 30.3 Å². The Morgan fingerprint density at radius 2 is 1.85 bits per heavy atom. The fraction of sp³-hybridized carbons (Fsp3) is 0.190. The lowest BCUT2D eigenvalue weighted by atomic mass is 9.99. The van der Waals surface area contributed by atoms with Crippen molar-refractivity contribution in [2.45, 2.75) is 6.42 Å². The third kappa shape index (κ3) is 4.28. The van der Waals surface area contributed by atoms with Gasteiger partial charge in [0.2, 0.25) is 0 Å². The Morgan fingerprint density at radius 1 is 1.15 bits per heavy atom. The molecule has 0 unspecified atom stereocenters. The highest BCUT2D eigenvalue weighted by molar-refractivity contribution is 6.12. The number of aldehydes is 1. The minimum absolute atomic E-state index is 0.0652. The minimum atomic E-state index is -0.217. The second kappa shape index (κ2) is 9.05. The van der Waals surface area contributed by atoms with Crippen molar-refractivity contribution >= 4 is 17.5 Å². The van der Waals surface area contributed by atoms with Crippen LogP contribution < -0.4 is 9.64 Å². The van der Waals surface area contributed by atoms with Gasteiger partial charge in [-0.05, 0) is 30.2 Å². The lowest BCUT2D eigenvalue weighted by Gasteiger charge is -2.23. The molecule has 0 aliphatic carbocycles. The molecule has 0 aliphatic rings. The third-order valence-electron chi connectivity index (χ3n) is 4.09. The minimum Gasteiger partial charge on any atom is -0.497 e. The van der Waals surface area contributed by atoms with Crippen LogP contribution in [0.15, 0.2) is 54.1 Å². The zero-order valence-corrected chi connectivity index (χ0v) is 14.8. The zero-order chi connectivity index (χ0) is 18.9. The number of allylic oxidation sites excluding steroid dienone is 2. The van der Waals surface area contributed by atoms with Gasteiger partial charge in [0.05, 0.1) is 12.7 Å². The number of hydrogen-bond acceptors (Lipinski definition) is 5. The molecule has 26 heavy (non-hydrogen) atoms. The Balaban J connectivity index is 2.42. The molecule has 0 aromatic heterocycles. The maximum Gasteiger partial charge on any atom is 0.152 e. The van der Waals surface area contributed by atoms with Crippen LogP contribution in [0, 0.1) is 22.7 Å². The predicted molar refractivity (Wildman–Crippen MR) is 101 cm³/mol. The molecular formula is C21H19N3O2. The summed E-state index contributed by atoms with van der Waals surface area (Å²) in [7, 11) is 3.44. The predicted octanol–water partition coefficient (Wildman–Crippen LogP) is 3.37. The molecule has 130 valence electrons. The van der Waals surface area contributed by atoms with Crippen molar-refractivity contribution in [3.05, 3.63) is 65.2 Å². The van der Waals surface area contributed by atoms with E-state index in [-0.39, 0.29) is 11.1 Å². The Labute approximate surface area is 153 Å². The van der Waals surface area contributed by atoms with Crippen molar-refractivity contribution in [2.24, 2.45) is 0 Å². The summed E-state index contributed by atoms with van der Waals surface area (Å²) in [6.07, 6.45) is 1.37. The molecule has 0 saturated carbocycles. The van der Waals surface area contributed by atoms with Crippen LogP contribution >= 0.6 is 0 Å². The average molecular weight is 345 g/mol. The Morgan fingerprint density at radius 3 is 2.42 bits per heavy atom. The summed E-state index contributed by atoms with van der Waals surface area (Å²) in [6.45, 7) is 0.712. The highest BCUT2D eigenvalue weighted by Crippen LogP contribution is 2.31. The summed E-state index contributed by atoms with van der Waals surface area (Å²) in [4.78, 5) is 13.6. The number of nitriles is 2. The molecule has 0 spiro atoms. The average Bonchev–Trinajstić information content (AvgIpc) is 2.70. The Hall–Kier alpha value is -3.57. The van der Waals surface area contributed by atoms with E-state index < -0.39 is 0 Å². The summed E-state index contributed by atoms with van der Waals surface area (Å²) in [5.41, 5.74) is 2.32.